The summed E-state index contributed by atoms with van der Waals surface area (Å²) in [5.74, 6) is 0.0325. The van der Waals surface area contributed by atoms with Crippen molar-refractivity contribution in [2.24, 2.45) is 5.73 Å². The highest BCUT2D eigenvalue weighted by atomic mass is 35.5. The molecule has 0 saturated heterocycles. The Morgan fingerprint density at radius 3 is 2.09 bits per heavy atom. The van der Waals surface area contributed by atoms with Crippen LogP contribution in [-0.4, -0.2) is 18.0 Å². The van der Waals surface area contributed by atoms with Crippen LogP contribution >= 0.6 is 12.4 Å². The fourth-order valence-corrected chi connectivity index (χ4v) is 3.28. The number of hydrogen-bond donors (Lipinski definition) is 2. The zero-order valence-corrected chi connectivity index (χ0v) is 15.3. The molecule has 0 radical (unpaired) electrons. The van der Waals surface area contributed by atoms with Gasteiger partial charge in [-0.2, -0.15) is 0 Å². The lowest BCUT2D eigenvalue weighted by Crippen LogP contribution is -2.50. The van der Waals surface area contributed by atoms with Gasteiger partial charge in [-0.3, -0.25) is 4.79 Å². The first-order chi connectivity index (χ1) is 10.3. The van der Waals surface area contributed by atoms with Crippen LogP contribution in [0.5, 0.6) is 0 Å². The van der Waals surface area contributed by atoms with E-state index in [4.69, 9.17) is 5.73 Å². The largest absolute Gasteiger partial charge is 0.354 e. The first kappa shape index (κ1) is 18.3. The number of hydrogen-bond acceptors (Lipinski definition) is 2. The molecular formula is C19H29ClN2O. The maximum absolute atomic E-state index is 12.1. The average molecular weight is 337 g/mol. The van der Waals surface area contributed by atoms with E-state index in [9.17, 15) is 4.79 Å². The number of nitrogens with one attached hydrogen (secondary N) is 1. The summed E-state index contributed by atoms with van der Waals surface area (Å²) in [6, 6.07) is 8.98. The van der Waals surface area contributed by atoms with Gasteiger partial charge in [-0.05, 0) is 42.2 Å². The maximum atomic E-state index is 12.1. The third-order valence-electron chi connectivity index (χ3n) is 5.50. The third kappa shape index (κ3) is 3.56. The van der Waals surface area contributed by atoms with Gasteiger partial charge in [-0.1, -0.05) is 51.5 Å². The van der Waals surface area contributed by atoms with Crippen molar-refractivity contribution < 1.29 is 4.79 Å². The molecule has 1 amide bonds. The lowest BCUT2D eigenvalue weighted by Gasteiger charge is -2.43. The molecule has 0 spiro atoms. The minimum Gasteiger partial charge on any atom is -0.354 e. The molecule has 0 aliphatic heterocycles. The normalized spacial score (nSPS) is 20.9. The highest BCUT2D eigenvalue weighted by Gasteiger charge is 2.47. The van der Waals surface area contributed by atoms with Crippen molar-refractivity contribution in [3.05, 3.63) is 35.4 Å². The standard InChI is InChI=1S/C19H28N2O.ClH/c1-17(2,3)14-5-7-15(8-6-14)18(9-4-10-18)13-21-16(22)19(20)11-12-19;/h5-8H,4,9-13,20H2,1-3H3,(H,21,22);1H. The molecule has 23 heavy (non-hydrogen) atoms. The second-order valence-corrected chi connectivity index (χ2v) is 8.30. The van der Waals surface area contributed by atoms with E-state index in [1.165, 1.54) is 17.5 Å². The Kier molecular flexibility index (Phi) is 4.85. The van der Waals surface area contributed by atoms with E-state index in [2.05, 4.69) is 50.4 Å². The van der Waals surface area contributed by atoms with Crippen LogP contribution in [0.2, 0.25) is 0 Å². The van der Waals surface area contributed by atoms with Crippen molar-refractivity contribution in [2.45, 2.75) is 69.2 Å². The van der Waals surface area contributed by atoms with Crippen LogP contribution in [-0.2, 0) is 15.6 Å². The van der Waals surface area contributed by atoms with E-state index in [-0.39, 0.29) is 29.1 Å². The number of benzene rings is 1. The van der Waals surface area contributed by atoms with Crippen molar-refractivity contribution in [3.63, 3.8) is 0 Å². The second kappa shape index (κ2) is 6.10. The van der Waals surface area contributed by atoms with Gasteiger partial charge in [-0.15, -0.1) is 12.4 Å². The molecule has 4 heteroatoms. The van der Waals surface area contributed by atoms with E-state index in [0.717, 1.165) is 32.2 Å². The first-order valence-corrected chi connectivity index (χ1v) is 8.44. The lowest BCUT2D eigenvalue weighted by molar-refractivity contribution is -0.123. The van der Waals surface area contributed by atoms with Gasteiger partial charge in [0, 0.05) is 12.0 Å². The number of carbonyl (C=O) groups excluding carboxylic acids is 1. The van der Waals surface area contributed by atoms with Gasteiger partial charge in [0.25, 0.3) is 0 Å². The van der Waals surface area contributed by atoms with Crippen molar-refractivity contribution in [1.29, 1.82) is 0 Å². The smallest absolute Gasteiger partial charge is 0.240 e. The van der Waals surface area contributed by atoms with Gasteiger partial charge in [0.2, 0.25) is 5.91 Å². The minimum atomic E-state index is -0.568. The van der Waals surface area contributed by atoms with Crippen LogP contribution < -0.4 is 11.1 Å². The molecule has 2 aliphatic carbocycles. The number of nitrogens with two attached hydrogens (primary N) is 1. The van der Waals surface area contributed by atoms with Gasteiger partial charge in [0.05, 0.1) is 5.54 Å². The molecule has 2 fully saturated rings. The van der Waals surface area contributed by atoms with Crippen LogP contribution in [0.3, 0.4) is 0 Å². The maximum Gasteiger partial charge on any atom is 0.240 e. The molecule has 0 atom stereocenters. The number of rotatable bonds is 4. The SMILES string of the molecule is CC(C)(C)c1ccc(C2(CNC(=O)C3(N)CC3)CCC2)cc1.Cl. The van der Waals surface area contributed by atoms with Gasteiger partial charge >= 0.3 is 0 Å². The van der Waals surface area contributed by atoms with E-state index in [1.807, 2.05) is 0 Å². The topological polar surface area (TPSA) is 55.1 Å². The van der Waals surface area contributed by atoms with E-state index >= 15 is 0 Å². The van der Waals surface area contributed by atoms with E-state index in [0.29, 0.717) is 0 Å². The summed E-state index contributed by atoms with van der Waals surface area (Å²) in [6.07, 6.45) is 5.20. The summed E-state index contributed by atoms with van der Waals surface area (Å²) in [5.41, 5.74) is 8.42. The molecule has 0 aromatic heterocycles. The molecular weight excluding hydrogens is 308 g/mol. The van der Waals surface area contributed by atoms with Gasteiger partial charge in [0.15, 0.2) is 0 Å². The van der Waals surface area contributed by atoms with Crippen LogP contribution in [0.4, 0.5) is 0 Å². The van der Waals surface area contributed by atoms with Gasteiger partial charge in [-0.25, -0.2) is 0 Å². The van der Waals surface area contributed by atoms with Crippen LogP contribution in [0.15, 0.2) is 24.3 Å². The molecule has 0 bridgehead atoms. The monoisotopic (exact) mass is 336 g/mol. The third-order valence-corrected chi connectivity index (χ3v) is 5.50. The Morgan fingerprint density at radius 2 is 1.70 bits per heavy atom. The molecule has 3 rings (SSSR count). The Balaban J connectivity index is 0.00000192. The Bertz CT molecular complexity index is 566. The molecule has 2 aliphatic rings. The number of carbonyl (C=O) groups is 1. The summed E-state index contributed by atoms with van der Waals surface area (Å²) >= 11 is 0. The summed E-state index contributed by atoms with van der Waals surface area (Å²) < 4.78 is 0. The van der Waals surface area contributed by atoms with Crippen molar-refractivity contribution in [2.75, 3.05) is 6.54 Å². The fourth-order valence-electron chi connectivity index (χ4n) is 3.28. The van der Waals surface area contributed by atoms with Crippen LogP contribution in [0.25, 0.3) is 0 Å². The van der Waals surface area contributed by atoms with E-state index in [1.54, 1.807) is 0 Å². The zero-order valence-electron chi connectivity index (χ0n) is 14.4. The summed E-state index contributed by atoms with van der Waals surface area (Å²) in [5, 5.41) is 3.11. The quantitative estimate of drug-likeness (QED) is 0.885. The summed E-state index contributed by atoms with van der Waals surface area (Å²) in [4.78, 5) is 12.1. The first-order valence-electron chi connectivity index (χ1n) is 8.44. The molecule has 1 aromatic rings. The Morgan fingerprint density at radius 1 is 1.13 bits per heavy atom. The highest BCUT2D eigenvalue weighted by Crippen LogP contribution is 2.44. The van der Waals surface area contributed by atoms with Crippen LogP contribution in [0, 0.1) is 0 Å². The molecule has 3 nitrogen and oxygen atoms in total. The average Bonchev–Trinajstić information content (AvgIpc) is 3.16. The molecule has 3 N–H and O–H groups in total. The number of halogens is 1. The molecule has 0 heterocycles. The fraction of sp³-hybridized carbons (Fsp3) is 0.632. The molecule has 128 valence electrons. The van der Waals surface area contributed by atoms with Crippen molar-refractivity contribution in [1.82, 2.24) is 5.32 Å². The zero-order chi connectivity index (χ0) is 16.0. The Hall–Kier alpha value is -1.06. The van der Waals surface area contributed by atoms with Crippen LogP contribution in [0.1, 0.15) is 64.0 Å². The Labute approximate surface area is 145 Å². The second-order valence-electron chi connectivity index (χ2n) is 8.30. The predicted octanol–water partition coefficient (Wildman–Crippen LogP) is 3.44. The molecule has 2 saturated carbocycles. The summed E-state index contributed by atoms with van der Waals surface area (Å²) in [6.45, 7) is 7.42. The van der Waals surface area contributed by atoms with Gasteiger partial charge < -0.3 is 11.1 Å². The summed E-state index contributed by atoms with van der Waals surface area (Å²) in [7, 11) is 0. The van der Waals surface area contributed by atoms with Crippen molar-refractivity contribution in [3.8, 4) is 0 Å². The molecule has 0 unspecified atom stereocenters. The highest BCUT2D eigenvalue weighted by molar-refractivity contribution is 5.89. The number of amides is 1. The lowest BCUT2D eigenvalue weighted by atomic mass is 9.64. The molecule has 1 aromatic carbocycles. The van der Waals surface area contributed by atoms with E-state index < -0.39 is 5.54 Å². The van der Waals surface area contributed by atoms with Crippen molar-refractivity contribution >= 4 is 18.3 Å². The minimum absolute atomic E-state index is 0. The van der Waals surface area contributed by atoms with Gasteiger partial charge in [0.1, 0.15) is 0 Å². The predicted molar refractivity (Wildman–Crippen MR) is 97.1 cm³/mol.